The van der Waals surface area contributed by atoms with E-state index in [9.17, 15) is 9.18 Å². The first-order chi connectivity index (χ1) is 12.7. The summed E-state index contributed by atoms with van der Waals surface area (Å²) in [6.07, 6.45) is 0.654. The van der Waals surface area contributed by atoms with Gasteiger partial charge in [0.05, 0.1) is 5.69 Å². The Balaban J connectivity index is 1.45. The van der Waals surface area contributed by atoms with Crippen molar-refractivity contribution in [2.24, 2.45) is 0 Å². The maximum atomic E-state index is 13.0. The van der Waals surface area contributed by atoms with E-state index in [0.717, 1.165) is 11.3 Å². The first-order valence-corrected chi connectivity index (χ1v) is 8.34. The fourth-order valence-electron chi connectivity index (χ4n) is 3.02. The number of benzene rings is 2. The lowest BCUT2D eigenvalue weighted by Gasteiger charge is -2.17. The van der Waals surface area contributed by atoms with E-state index in [1.165, 1.54) is 12.1 Å². The molecule has 2 aromatic carbocycles. The highest BCUT2D eigenvalue weighted by atomic mass is 19.1. The van der Waals surface area contributed by atoms with E-state index in [1.54, 1.807) is 21.7 Å². The highest BCUT2D eigenvalue weighted by Crippen LogP contribution is 2.19. The summed E-state index contributed by atoms with van der Waals surface area (Å²) in [5, 5.41) is 14.8. The Hall–Kier alpha value is -3.29. The number of hydrogen-bond acceptors (Lipinski definition) is 5. The highest BCUT2D eigenvalue weighted by Gasteiger charge is 2.32. The van der Waals surface area contributed by atoms with Crippen LogP contribution in [0.1, 0.15) is 12.0 Å². The number of nitrogens with one attached hydrogen (secondary N) is 1. The van der Waals surface area contributed by atoms with Crippen LogP contribution < -0.4 is 5.32 Å². The van der Waals surface area contributed by atoms with Crippen LogP contribution in [0, 0.1) is 5.82 Å². The van der Waals surface area contributed by atoms with Gasteiger partial charge in [-0.1, -0.05) is 35.4 Å². The van der Waals surface area contributed by atoms with Crippen LogP contribution in [-0.2, 0) is 11.3 Å². The summed E-state index contributed by atoms with van der Waals surface area (Å²) >= 11 is 0. The molecule has 132 valence electrons. The average Bonchev–Trinajstić information content (AvgIpc) is 3.26. The standard InChI is InChI=1S/C18H17FN6O/c19-14-8-6-13(7-9-14)12-24-11-10-16(17(24)26)20-18-21-22-23-25(18)15-4-2-1-3-5-15/h1-9,16H,10-12H2,(H,20,21,23). The van der Waals surface area contributed by atoms with Crippen molar-refractivity contribution >= 4 is 11.9 Å². The number of rotatable bonds is 5. The fraction of sp³-hybridized carbons (Fsp3) is 0.222. The van der Waals surface area contributed by atoms with Gasteiger partial charge in [-0.15, -0.1) is 0 Å². The second-order valence-corrected chi connectivity index (χ2v) is 6.12. The van der Waals surface area contributed by atoms with Crippen molar-refractivity contribution in [1.82, 2.24) is 25.1 Å². The molecule has 1 aliphatic rings. The lowest BCUT2D eigenvalue weighted by atomic mass is 10.2. The van der Waals surface area contributed by atoms with Gasteiger partial charge in [-0.2, -0.15) is 4.68 Å². The molecule has 1 atom stereocenters. The molecular weight excluding hydrogens is 335 g/mol. The maximum absolute atomic E-state index is 13.0. The molecule has 3 aromatic rings. The number of carbonyl (C=O) groups is 1. The summed E-state index contributed by atoms with van der Waals surface area (Å²) in [5.41, 5.74) is 1.71. The van der Waals surface area contributed by atoms with E-state index in [1.807, 2.05) is 30.3 Å². The van der Waals surface area contributed by atoms with Crippen LogP contribution in [0.5, 0.6) is 0 Å². The van der Waals surface area contributed by atoms with Crippen molar-refractivity contribution in [3.05, 3.63) is 66.0 Å². The van der Waals surface area contributed by atoms with E-state index < -0.39 is 0 Å². The van der Waals surface area contributed by atoms with Gasteiger partial charge in [-0.25, -0.2) is 4.39 Å². The zero-order chi connectivity index (χ0) is 17.9. The number of para-hydroxylation sites is 1. The van der Waals surface area contributed by atoms with Gasteiger partial charge in [0, 0.05) is 13.1 Å². The van der Waals surface area contributed by atoms with Crippen LogP contribution in [0.2, 0.25) is 0 Å². The van der Waals surface area contributed by atoms with Gasteiger partial charge in [0.1, 0.15) is 11.9 Å². The van der Waals surface area contributed by atoms with Crippen LogP contribution in [0.3, 0.4) is 0 Å². The molecule has 1 N–H and O–H groups in total. The van der Waals surface area contributed by atoms with Crippen LogP contribution in [0.15, 0.2) is 54.6 Å². The van der Waals surface area contributed by atoms with Gasteiger partial charge >= 0.3 is 0 Å². The molecule has 26 heavy (non-hydrogen) atoms. The number of carbonyl (C=O) groups excluding carboxylic acids is 1. The largest absolute Gasteiger partial charge is 0.341 e. The second kappa shape index (κ2) is 6.91. The summed E-state index contributed by atoms with van der Waals surface area (Å²) < 4.78 is 14.6. The minimum absolute atomic E-state index is 0.0167. The van der Waals surface area contributed by atoms with Crippen LogP contribution in [-0.4, -0.2) is 43.6 Å². The zero-order valence-electron chi connectivity index (χ0n) is 13.9. The molecule has 7 nitrogen and oxygen atoms in total. The fourth-order valence-corrected chi connectivity index (χ4v) is 3.02. The summed E-state index contributed by atoms with van der Waals surface area (Å²) in [7, 11) is 0. The van der Waals surface area contributed by atoms with E-state index in [-0.39, 0.29) is 17.8 Å². The van der Waals surface area contributed by atoms with Crippen LogP contribution in [0.25, 0.3) is 5.69 Å². The summed E-state index contributed by atoms with van der Waals surface area (Å²) in [5.74, 6) is 0.129. The lowest BCUT2D eigenvalue weighted by Crippen LogP contribution is -2.33. The molecule has 2 heterocycles. The predicted molar refractivity (Wildman–Crippen MR) is 93.0 cm³/mol. The quantitative estimate of drug-likeness (QED) is 0.760. The summed E-state index contributed by atoms with van der Waals surface area (Å²) in [6, 6.07) is 15.3. The molecule has 0 aliphatic carbocycles. The number of likely N-dealkylation sites (tertiary alicyclic amines) is 1. The van der Waals surface area contributed by atoms with Crippen molar-refractivity contribution < 1.29 is 9.18 Å². The number of nitrogens with zero attached hydrogens (tertiary/aromatic N) is 5. The molecule has 1 amide bonds. The van der Waals surface area contributed by atoms with Crippen molar-refractivity contribution in [2.75, 3.05) is 11.9 Å². The highest BCUT2D eigenvalue weighted by molar-refractivity contribution is 5.86. The molecule has 1 fully saturated rings. The maximum Gasteiger partial charge on any atom is 0.248 e. The number of aromatic nitrogens is 4. The third-order valence-corrected chi connectivity index (χ3v) is 4.36. The van der Waals surface area contributed by atoms with E-state index >= 15 is 0 Å². The minimum atomic E-state index is -0.385. The SMILES string of the molecule is O=C1C(Nc2nnnn2-c2ccccc2)CCN1Cc1ccc(F)cc1. The number of anilines is 1. The van der Waals surface area contributed by atoms with Crippen molar-refractivity contribution in [3.63, 3.8) is 0 Å². The normalized spacial score (nSPS) is 16.9. The number of amides is 1. The van der Waals surface area contributed by atoms with Gasteiger partial charge in [0.25, 0.3) is 0 Å². The first kappa shape index (κ1) is 16.2. The van der Waals surface area contributed by atoms with Crippen molar-refractivity contribution in [3.8, 4) is 5.69 Å². The summed E-state index contributed by atoms with van der Waals surface area (Å²) in [6.45, 7) is 1.09. The van der Waals surface area contributed by atoms with Gasteiger partial charge in [-0.05, 0) is 46.7 Å². The molecule has 8 heteroatoms. The molecule has 1 aromatic heterocycles. The average molecular weight is 352 g/mol. The van der Waals surface area contributed by atoms with E-state index in [0.29, 0.717) is 25.5 Å². The topological polar surface area (TPSA) is 75.9 Å². The molecule has 0 spiro atoms. The summed E-state index contributed by atoms with van der Waals surface area (Å²) in [4.78, 5) is 14.4. The molecule has 1 unspecified atom stereocenters. The van der Waals surface area contributed by atoms with E-state index in [2.05, 4.69) is 20.8 Å². The Labute approximate surface area is 149 Å². The Morgan fingerprint density at radius 3 is 2.65 bits per heavy atom. The van der Waals surface area contributed by atoms with Gasteiger partial charge < -0.3 is 10.2 Å². The lowest BCUT2D eigenvalue weighted by molar-refractivity contribution is -0.128. The van der Waals surface area contributed by atoms with Gasteiger partial charge in [0.2, 0.25) is 11.9 Å². The van der Waals surface area contributed by atoms with Crippen molar-refractivity contribution in [1.29, 1.82) is 0 Å². The molecule has 0 saturated carbocycles. The molecule has 0 bridgehead atoms. The Morgan fingerprint density at radius 2 is 1.88 bits per heavy atom. The van der Waals surface area contributed by atoms with E-state index in [4.69, 9.17) is 0 Å². The van der Waals surface area contributed by atoms with Crippen molar-refractivity contribution in [2.45, 2.75) is 19.0 Å². The second-order valence-electron chi connectivity index (χ2n) is 6.12. The molecule has 1 saturated heterocycles. The third-order valence-electron chi connectivity index (χ3n) is 4.36. The monoisotopic (exact) mass is 352 g/mol. The third kappa shape index (κ3) is 3.26. The molecule has 1 aliphatic heterocycles. The minimum Gasteiger partial charge on any atom is -0.341 e. The number of tetrazole rings is 1. The smallest absolute Gasteiger partial charge is 0.248 e. The van der Waals surface area contributed by atoms with Gasteiger partial charge in [0.15, 0.2) is 0 Å². The van der Waals surface area contributed by atoms with Crippen LogP contribution >= 0.6 is 0 Å². The Bertz CT molecular complexity index is 896. The Morgan fingerprint density at radius 1 is 1.12 bits per heavy atom. The number of halogens is 1. The Kier molecular flexibility index (Phi) is 4.30. The van der Waals surface area contributed by atoms with Crippen LogP contribution in [0.4, 0.5) is 10.3 Å². The predicted octanol–water partition coefficient (Wildman–Crippen LogP) is 2.01. The molecule has 0 radical (unpaired) electrons. The number of hydrogen-bond donors (Lipinski definition) is 1. The molecular formula is C18H17FN6O. The first-order valence-electron chi connectivity index (χ1n) is 8.34. The zero-order valence-corrected chi connectivity index (χ0v) is 13.9. The van der Waals surface area contributed by atoms with Gasteiger partial charge in [-0.3, -0.25) is 4.79 Å². The molecule has 4 rings (SSSR count).